The van der Waals surface area contributed by atoms with Gasteiger partial charge in [0.1, 0.15) is 18.6 Å². The van der Waals surface area contributed by atoms with E-state index in [1.807, 2.05) is 0 Å². The Morgan fingerprint density at radius 1 is 1.26 bits per heavy atom. The van der Waals surface area contributed by atoms with Crippen LogP contribution in [0.5, 0.6) is 5.75 Å². The second-order valence-corrected chi connectivity index (χ2v) is 10.7. The molecule has 0 radical (unpaired) electrons. The van der Waals surface area contributed by atoms with E-state index in [4.69, 9.17) is 4.74 Å². The van der Waals surface area contributed by atoms with Crippen LogP contribution in [0.15, 0.2) is 52.3 Å². The first-order valence-corrected chi connectivity index (χ1v) is 13.1. The van der Waals surface area contributed by atoms with Crippen molar-refractivity contribution in [3.05, 3.63) is 42.5 Å². The second kappa shape index (κ2) is 10.3. The highest BCUT2D eigenvalue weighted by molar-refractivity contribution is 7.99. The van der Waals surface area contributed by atoms with Gasteiger partial charge in [0.2, 0.25) is 0 Å². The molecule has 1 N–H and O–H groups in total. The van der Waals surface area contributed by atoms with Gasteiger partial charge in [0.05, 0.1) is 20.9 Å². The lowest BCUT2D eigenvalue weighted by Gasteiger charge is -2.28. The minimum Gasteiger partial charge on any atom is -0.491 e. The van der Waals surface area contributed by atoms with Crippen LogP contribution in [0, 0.1) is 5.41 Å². The van der Waals surface area contributed by atoms with E-state index in [9.17, 15) is 4.79 Å². The number of carbonyl (C=O) groups is 1. The highest BCUT2D eigenvalue weighted by atomic mass is 32.2. The number of hydrogen-bond donors (Lipinski definition) is 1. The Balaban J connectivity index is 1.68. The average Bonchev–Trinajstić information content (AvgIpc) is 3.61. The molecule has 4 rings (SSSR count). The molecule has 1 saturated carbocycles. The van der Waals surface area contributed by atoms with E-state index in [1.54, 1.807) is 23.7 Å². The van der Waals surface area contributed by atoms with Crippen LogP contribution in [0.1, 0.15) is 46.0 Å². The highest BCUT2D eigenvalue weighted by Gasteiger charge is 2.43. The smallest absolute Gasteiger partial charge is 0.134 e. The van der Waals surface area contributed by atoms with Gasteiger partial charge >= 0.3 is 0 Å². The van der Waals surface area contributed by atoms with Gasteiger partial charge in [-0.15, -0.1) is 11.8 Å². The summed E-state index contributed by atoms with van der Waals surface area (Å²) in [6.45, 7) is 5.83. The third kappa shape index (κ3) is 5.41. The molecule has 1 heterocycles. The van der Waals surface area contributed by atoms with E-state index in [2.05, 4.69) is 65.9 Å². The topological polar surface area (TPSA) is 41.6 Å². The number of fused-ring (bicyclic) bond motifs is 1. The van der Waals surface area contributed by atoms with Crippen LogP contribution in [0.3, 0.4) is 0 Å². The third-order valence-electron chi connectivity index (χ3n) is 5.99. The van der Waals surface area contributed by atoms with Crippen molar-refractivity contribution in [2.24, 2.45) is 5.41 Å². The maximum atomic E-state index is 11.4. The van der Waals surface area contributed by atoms with Crippen molar-refractivity contribution in [1.82, 2.24) is 4.72 Å². The van der Waals surface area contributed by atoms with Crippen molar-refractivity contribution in [2.45, 2.75) is 61.8 Å². The van der Waals surface area contributed by atoms with Crippen molar-refractivity contribution < 1.29 is 9.53 Å². The largest absolute Gasteiger partial charge is 0.491 e. The molecule has 0 amide bonds. The molecule has 4 nitrogen and oxygen atoms in total. The lowest BCUT2D eigenvalue weighted by Crippen LogP contribution is -2.34. The predicted octanol–water partition coefficient (Wildman–Crippen LogP) is 6.46. The minimum absolute atomic E-state index is 0.256. The van der Waals surface area contributed by atoms with Crippen molar-refractivity contribution in [3.63, 3.8) is 0 Å². The van der Waals surface area contributed by atoms with Crippen LogP contribution in [0.2, 0.25) is 0 Å². The molecule has 0 saturated heterocycles. The van der Waals surface area contributed by atoms with Crippen LogP contribution in [-0.4, -0.2) is 31.2 Å². The molecule has 1 fully saturated rings. The lowest BCUT2D eigenvalue weighted by atomic mass is 10.1. The number of nitrogens with zero attached hydrogens (tertiary/aromatic N) is 1. The maximum Gasteiger partial charge on any atom is 0.134 e. The predicted molar refractivity (Wildman–Crippen MR) is 132 cm³/mol. The molecule has 0 aromatic heterocycles. The Morgan fingerprint density at radius 2 is 2.06 bits per heavy atom. The molecule has 31 heavy (non-hydrogen) atoms. The van der Waals surface area contributed by atoms with Crippen molar-refractivity contribution in [1.29, 1.82) is 0 Å². The number of benzene rings is 2. The monoisotopic (exact) mass is 456 g/mol. The third-order valence-corrected chi connectivity index (χ3v) is 7.90. The zero-order valence-electron chi connectivity index (χ0n) is 18.4. The molecule has 1 unspecified atom stereocenters. The first kappa shape index (κ1) is 22.6. The van der Waals surface area contributed by atoms with E-state index in [0.717, 1.165) is 48.5 Å². The van der Waals surface area contributed by atoms with E-state index in [0.29, 0.717) is 12.6 Å². The molecule has 1 atom stereocenters. The van der Waals surface area contributed by atoms with E-state index >= 15 is 0 Å². The SMILES string of the molecule is CCCCC1CN(c2ccccc2)c2cc(SCC)c(OCC3(C=O)CC3)cc2SN1. The number of para-hydroxylation sites is 1. The molecule has 1 aliphatic heterocycles. The van der Waals surface area contributed by atoms with Gasteiger partial charge in [0, 0.05) is 18.3 Å². The molecule has 0 bridgehead atoms. The van der Waals surface area contributed by atoms with E-state index in [1.165, 1.54) is 29.1 Å². The number of hydrogen-bond acceptors (Lipinski definition) is 6. The van der Waals surface area contributed by atoms with Gasteiger partial charge in [-0.1, -0.05) is 44.9 Å². The average molecular weight is 457 g/mol. The molecule has 1 aliphatic carbocycles. The van der Waals surface area contributed by atoms with Crippen LogP contribution in [-0.2, 0) is 4.79 Å². The Hall–Kier alpha value is -1.63. The summed E-state index contributed by atoms with van der Waals surface area (Å²) in [7, 11) is 0. The fourth-order valence-electron chi connectivity index (χ4n) is 3.84. The number of carbonyl (C=O) groups excluding carboxylic acids is 1. The summed E-state index contributed by atoms with van der Waals surface area (Å²) >= 11 is 3.51. The summed E-state index contributed by atoms with van der Waals surface area (Å²) in [4.78, 5) is 16.2. The summed E-state index contributed by atoms with van der Waals surface area (Å²) in [5.41, 5.74) is 2.18. The normalized spacial score (nSPS) is 19.4. The zero-order chi connectivity index (χ0) is 21.7. The minimum atomic E-state index is -0.256. The summed E-state index contributed by atoms with van der Waals surface area (Å²) in [5.74, 6) is 1.87. The molecular weight excluding hydrogens is 424 g/mol. The van der Waals surface area contributed by atoms with E-state index < -0.39 is 0 Å². The van der Waals surface area contributed by atoms with Gasteiger partial charge in [0.25, 0.3) is 0 Å². The summed E-state index contributed by atoms with van der Waals surface area (Å²) < 4.78 is 9.94. The Bertz CT molecular complexity index is 887. The van der Waals surface area contributed by atoms with Gasteiger partial charge in [-0.2, -0.15) is 0 Å². The number of aldehydes is 1. The highest BCUT2D eigenvalue weighted by Crippen LogP contribution is 2.47. The molecule has 2 aromatic rings. The Morgan fingerprint density at radius 3 is 2.74 bits per heavy atom. The number of rotatable bonds is 10. The van der Waals surface area contributed by atoms with Gasteiger partial charge in [0.15, 0.2) is 0 Å². The lowest BCUT2D eigenvalue weighted by molar-refractivity contribution is -0.113. The Labute approximate surface area is 194 Å². The van der Waals surface area contributed by atoms with E-state index in [-0.39, 0.29) is 5.41 Å². The maximum absolute atomic E-state index is 11.4. The summed E-state index contributed by atoms with van der Waals surface area (Å²) in [5, 5.41) is 0. The zero-order valence-corrected chi connectivity index (χ0v) is 20.1. The molecular formula is C25H32N2O2S2. The quantitative estimate of drug-likeness (QED) is 0.251. The van der Waals surface area contributed by atoms with Crippen LogP contribution < -0.4 is 14.4 Å². The van der Waals surface area contributed by atoms with Gasteiger partial charge < -0.3 is 14.4 Å². The van der Waals surface area contributed by atoms with Crippen molar-refractivity contribution >= 4 is 41.4 Å². The van der Waals surface area contributed by atoms with Crippen LogP contribution in [0.4, 0.5) is 11.4 Å². The Kier molecular flexibility index (Phi) is 7.51. The number of anilines is 2. The molecule has 6 heteroatoms. The number of thioether (sulfide) groups is 1. The molecule has 2 aliphatic rings. The van der Waals surface area contributed by atoms with Gasteiger partial charge in [-0.25, -0.2) is 0 Å². The fourth-order valence-corrected chi connectivity index (χ4v) is 5.53. The summed E-state index contributed by atoms with van der Waals surface area (Å²) in [6.07, 6.45) is 6.53. The van der Waals surface area contributed by atoms with Gasteiger partial charge in [-0.3, -0.25) is 4.72 Å². The first-order valence-electron chi connectivity index (χ1n) is 11.3. The molecule has 166 valence electrons. The second-order valence-electron chi connectivity index (χ2n) is 8.47. The van der Waals surface area contributed by atoms with Crippen LogP contribution in [0.25, 0.3) is 0 Å². The van der Waals surface area contributed by atoms with Crippen molar-refractivity contribution in [2.75, 3.05) is 23.8 Å². The van der Waals surface area contributed by atoms with Crippen LogP contribution >= 0.6 is 23.7 Å². The fraction of sp³-hybridized carbons (Fsp3) is 0.480. The first-order chi connectivity index (χ1) is 15.2. The number of ether oxygens (including phenoxy) is 1. The number of unbranched alkanes of at least 4 members (excludes halogenated alkanes) is 1. The summed E-state index contributed by atoms with van der Waals surface area (Å²) in [6, 6.07) is 15.5. The molecule has 0 spiro atoms. The van der Waals surface area contributed by atoms with Crippen molar-refractivity contribution in [3.8, 4) is 5.75 Å². The number of nitrogens with one attached hydrogen (secondary N) is 1. The molecule has 2 aromatic carbocycles. The van der Waals surface area contributed by atoms with Gasteiger partial charge in [-0.05, 0) is 61.2 Å². The standard InChI is InChI=1S/C25H32N2O2S2/c1-3-5-9-19-16-27(20-10-7-6-8-11-20)21-14-24(30-4-2)22(15-23(21)31-26-19)29-18-25(17-28)12-13-25/h6-8,10-11,14-15,17,19,26H,3-5,9,12-13,16,18H2,1-2H3.